The van der Waals surface area contributed by atoms with Crippen LogP contribution in [0.5, 0.6) is 11.5 Å². The number of carbonyl (C=O) groups excluding carboxylic acids is 1. The van der Waals surface area contributed by atoms with Gasteiger partial charge >= 0.3 is 5.97 Å². The zero-order valence-corrected chi connectivity index (χ0v) is 17.5. The van der Waals surface area contributed by atoms with Crippen molar-refractivity contribution in [3.8, 4) is 11.5 Å². The molecule has 7 nitrogen and oxygen atoms in total. The summed E-state index contributed by atoms with van der Waals surface area (Å²) in [7, 11) is 0. The van der Waals surface area contributed by atoms with Crippen LogP contribution in [0.1, 0.15) is 21.5 Å². The number of ketones is 1. The molecular formula is C24H16N2O5S. The molecule has 0 spiro atoms. The molecule has 158 valence electrons. The number of carboxylic acids is 1. The minimum absolute atomic E-state index is 0.0635. The molecular weight excluding hydrogens is 428 g/mol. The zero-order chi connectivity index (χ0) is 22.1. The quantitative estimate of drug-likeness (QED) is 0.348. The van der Waals surface area contributed by atoms with E-state index in [9.17, 15) is 14.7 Å². The summed E-state index contributed by atoms with van der Waals surface area (Å²) in [5.41, 5.74) is 2.92. The normalized spacial score (nSPS) is 13.1. The molecule has 32 heavy (non-hydrogen) atoms. The lowest BCUT2D eigenvalue weighted by Gasteiger charge is -2.13. The van der Waals surface area contributed by atoms with Gasteiger partial charge in [-0.2, -0.15) is 8.75 Å². The largest absolute Gasteiger partial charge is 0.478 e. The van der Waals surface area contributed by atoms with Gasteiger partial charge in [0.1, 0.15) is 11.0 Å². The van der Waals surface area contributed by atoms with Crippen molar-refractivity contribution in [3.05, 3.63) is 89.0 Å². The second-order valence-corrected chi connectivity index (χ2v) is 7.71. The number of ether oxygens (including phenoxy) is 2. The Hall–Kier alpha value is -4.04. The topological polar surface area (TPSA) is 98.6 Å². The third-order valence-electron chi connectivity index (χ3n) is 5.19. The van der Waals surface area contributed by atoms with E-state index >= 15 is 0 Å². The number of carboxylic acid groups (broad SMARTS) is 1. The van der Waals surface area contributed by atoms with Crippen LogP contribution in [0.3, 0.4) is 0 Å². The molecule has 0 bridgehead atoms. The Bertz CT molecular complexity index is 1380. The summed E-state index contributed by atoms with van der Waals surface area (Å²) < 4.78 is 19.2. The van der Waals surface area contributed by atoms with Crippen molar-refractivity contribution >= 4 is 40.1 Å². The minimum atomic E-state index is -1.19. The van der Waals surface area contributed by atoms with Gasteiger partial charge in [-0.1, -0.05) is 42.5 Å². The number of allylic oxidation sites excluding steroid dienone is 1. The predicted molar refractivity (Wildman–Crippen MR) is 119 cm³/mol. The fraction of sp³-hybridized carbons (Fsp3) is 0.0833. The molecule has 0 unspecified atom stereocenters. The molecule has 0 saturated carbocycles. The molecule has 1 aliphatic heterocycles. The highest BCUT2D eigenvalue weighted by Crippen LogP contribution is 2.34. The smallest absolute Gasteiger partial charge is 0.336 e. The van der Waals surface area contributed by atoms with E-state index in [1.165, 1.54) is 0 Å². The minimum Gasteiger partial charge on any atom is -0.478 e. The SMILES string of the molecule is O=C(O)C(=C(Cc1ccc2c(c1)OCO2)C(=O)c1ccccc1)c1ccc2nsnc2c1. The number of rotatable bonds is 6. The average molecular weight is 444 g/mol. The van der Waals surface area contributed by atoms with Gasteiger partial charge < -0.3 is 14.6 Å². The first kappa shape index (κ1) is 19.9. The van der Waals surface area contributed by atoms with Crippen LogP contribution in [0.25, 0.3) is 16.6 Å². The number of hydrogen-bond donors (Lipinski definition) is 1. The van der Waals surface area contributed by atoms with Crippen LogP contribution in [0.15, 0.2) is 72.3 Å². The average Bonchev–Trinajstić information content (AvgIpc) is 3.47. The summed E-state index contributed by atoms with van der Waals surface area (Å²) in [5.74, 6) is -0.348. The van der Waals surface area contributed by atoms with Crippen LogP contribution in [0, 0.1) is 0 Å². The van der Waals surface area contributed by atoms with Crippen LogP contribution in [-0.2, 0) is 11.2 Å². The number of Topliss-reactive ketones (excluding diaryl/α,β-unsaturated/α-hetero) is 1. The lowest BCUT2D eigenvalue weighted by molar-refractivity contribution is -0.130. The Morgan fingerprint density at radius 2 is 1.66 bits per heavy atom. The summed E-state index contributed by atoms with van der Waals surface area (Å²) >= 11 is 1.05. The molecule has 4 aromatic rings. The molecule has 1 N–H and O–H groups in total. The highest BCUT2D eigenvalue weighted by molar-refractivity contribution is 7.00. The molecule has 0 radical (unpaired) electrons. The first-order valence-corrected chi connectivity index (χ1v) is 10.5. The molecule has 0 aliphatic carbocycles. The third kappa shape index (κ3) is 3.72. The first-order valence-electron chi connectivity index (χ1n) is 9.77. The van der Waals surface area contributed by atoms with Gasteiger partial charge in [-0.25, -0.2) is 4.79 Å². The fourth-order valence-electron chi connectivity index (χ4n) is 3.67. The van der Waals surface area contributed by atoms with E-state index in [0.29, 0.717) is 33.7 Å². The van der Waals surface area contributed by atoms with Gasteiger partial charge in [0.05, 0.1) is 17.3 Å². The van der Waals surface area contributed by atoms with Crippen LogP contribution in [0.2, 0.25) is 0 Å². The Morgan fingerprint density at radius 1 is 0.875 bits per heavy atom. The third-order valence-corrected chi connectivity index (χ3v) is 5.74. The fourth-order valence-corrected chi connectivity index (χ4v) is 4.18. The summed E-state index contributed by atoms with van der Waals surface area (Å²) in [6.45, 7) is 0.131. The highest BCUT2D eigenvalue weighted by Gasteiger charge is 2.25. The van der Waals surface area contributed by atoms with Gasteiger partial charge in [-0.05, 0) is 35.4 Å². The van der Waals surface area contributed by atoms with Crippen molar-refractivity contribution in [3.63, 3.8) is 0 Å². The van der Waals surface area contributed by atoms with Crippen molar-refractivity contribution in [2.45, 2.75) is 6.42 Å². The van der Waals surface area contributed by atoms with E-state index in [4.69, 9.17) is 9.47 Å². The Morgan fingerprint density at radius 3 is 2.47 bits per heavy atom. The van der Waals surface area contributed by atoms with Gasteiger partial charge in [-0.3, -0.25) is 4.79 Å². The van der Waals surface area contributed by atoms with E-state index in [1.807, 2.05) is 0 Å². The number of aromatic nitrogens is 2. The number of carbonyl (C=O) groups is 2. The highest BCUT2D eigenvalue weighted by atomic mass is 32.1. The van der Waals surface area contributed by atoms with E-state index in [2.05, 4.69) is 8.75 Å². The van der Waals surface area contributed by atoms with Crippen molar-refractivity contribution in [2.75, 3.05) is 6.79 Å². The maximum atomic E-state index is 13.5. The lowest BCUT2D eigenvalue weighted by Crippen LogP contribution is -2.14. The number of nitrogens with zero attached hydrogens (tertiary/aromatic N) is 2. The van der Waals surface area contributed by atoms with E-state index in [1.54, 1.807) is 66.7 Å². The van der Waals surface area contributed by atoms with Crippen molar-refractivity contribution in [1.82, 2.24) is 8.75 Å². The predicted octanol–water partition coefficient (Wildman–Crippen LogP) is 4.38. The van der Waals surface area contributed by atoms with Crippen LogP contribution in [0.4, 0.5) is 0 Å². The van der Waals surface area contributed by atoms with Crippen LogP contribution >= 0.6 is 11.7 Å². The molecule has 8 heteroatoms. The lowest BCUT2D eigenvalue weighted by atomic mass is 9.89. The van der Waals surface area contributed by atoms with Crippen molar-refractivity contribution in [2.24, 2.45) is 0 Å². The number of fused-ring (bicyclic) bond motifs is 2. The van der Waals surface area contributed by atoms with E-state index in [-0.39, 0.29) is 30.1 Å². The summed E-state index contributed by atoms with van der Waals surface area (Å²) in [5, 5.41) is 10.2. The van der Waals surface area contributed by atoms with Gasteiger partial charge in [-0.15, -0.1) is 0 Å². The molecule has 2 heterocycles. The second-order valence-electron chi connectivity index (χ2n) is 7.19. The van der Waals surface area contributed by atoms with Crippen molar-refractivity contribution in [1.29, 1.82) is 0 Å². The first-order chi connectivity index (χ1) is 15.6. The molecule has 0 atom stereocenters. The molecule has 1 aromatic heterocycles. The number of hydrogen-bond acceptors (Lipinski definition) is 7. The monoisotopic (exact) mass is 444 g/mol. The number of benzene rings is 3. The van der Waals surface area contributed by atoms with Gasteiger partial charge in [0, 0.05) is 17.6 Å². The molecule has 0 fully saturated rings. The summed E-state index contributed by atoms with van der Waals surface area (Å²) in [4.78, 5) is 26.0. The standard InChI is InChI=1S/C24H16N2O5S/c27-23(15-4-2-1-3-5-15)17(10-14-6-9-20-21(11-14)31-13-30-20)22(24(28)29)16-7-8-18-19(12-16)26-32-25-18/h1-9,11-12H,10,13H2,(H,28,29). The zero-order valence-electron chi connectivity index (χ0n) is 16.6. The molecule has 0 amide bonds. The van der Waals surface area contributed by atoms with Crippen LogP contribution in [-0.4, -0.2) is 32.4 Å². The van der Waals surface area contributed by atoms with E-state index in [0.717, 1.165) is 17.3 Å². The van der Waals surface area contributed by atoms with Gasteiger partial charge in [0.25, 0.3) is 0 Å². The van der Waals surface area contributed by atoms with Crippen LogP contribution < -0.4 is 9.47 Å². The molecule has 0 saturated heterocycles. The summed E-state index contributed by atoms with van der Waals surface area (Å²) in [6, 6.07) is 19.0. The number of aliphatic carboxylic acids is 1. The van der Waals surface area contributed by atoms with E-state index < -0.39 is 5.97 Å². The second kappa shape index (κ2) is 8.24. The maximum Gasteiger partial charge on any atom is 0.336 e. The molecule has 3 aromatic carbocycles. The molecule has 5 rings (SSSR count). The maximum absolute atomic E-state index is 13.5. The van der Waals surface area contributed by atoms with Crippen molar-refractivity contribution < 1.29 is 24.2 Å². The Balaban J connectivity index is 1.67. The summed E-state index contributed by atoms with van der Waals surface area (Å²) in [6.07, 6.45) is 0.110. The van der Waals surface area contributed by atoms with Gasteiger partial charge in [0.2, 0.25) is 6.79 Å². The molecule has 1 aliphatic rings. The van der Waals surface area contributed by atoms with Gasteiger partial charge in [0.15, 0.2) is 17.3 Å². The Labute approximate surface area is 186 Å². The Kier molecular flexibility index (Phi) is 5.12.